The van der Waals surface area contributed by atoms with Crippen LogP contribution in [0.15, 0.2) is 18.3 Å². The minimum atomic E-state index is 0.836. The van der Waals surface area contributed by atoms with Gasteiger partial charge in [0.1, 0.15) is 5.82 Å². The van der Waals surface area contributed by atoms with E-state index >= 15 is 0 Å². The molecule has 14 heavy (non-hydrogen) atoms. The van der Waals surface area contributed by atoms with Crippen LogP contribution in [0.4, 0.5) is 5.82 Å². The van der Waals surface area contributed by atoms with E-state index in [0.717, 1.165) is 31.8 Å². The van der Waals surface area contributed by atoms with Gasteiger partial charge in [0.05, 0.1) is 0 Å². The number of nitrogens with zero attached hydrogens (tertiary/aromatic N) is 1. The standard InChI is InChI=1S/C11H18N2O/c1-10-5-7-13-11(9-10)12-6-3-4-8-14-2/h5,7,9H,3-4,6,8H2,1-2H3,(H,12,13). The molecule has 1 N–H and O–H groups in total. The predicted octanol–water partition coefficient (Wildman–Crippen LogP) is 2.23. The van der Waals surface area contributed by atoms with Crippen LogP contribution in [0.2, 0.25) is 0 Å². The number of hydrogen-bond donors (Lipinski definition) is 1. The van der Waals surface area contributed by atoms with Crippen LogP contribution in [0.1, 0.15) is 18.4 Å². The van der Waals surface area contributed by atoms with Crippen molar-refractivity contribution >= 4 is 5.82 Å². The molecule has 78 valence electrons. The average Bonchev–Trinajstić information content (AvgIpc) is 2.18. The van der Waals surface area contributed by atoms with Crippen molar-refractivity contribution in [3.05, 3.63) is 23.9 Å². The van der Waals surface area contributed by atoms with Crippen LogP contribution in [0.3, 0.4) is 0 Å². The van der Waals surface area contributed by atoms with Crippen LogP contribution in [-0.4, -0.2) is 25.2 Å². The van der Waals surface area contributed by atoms with E-state index in [2.05, 4.69) is 23.3 Å². The number of aromatic nitrogens is 1. The summed E-state index contributed by atoms with van der Waals surface area (Å²) in [6, 6.07) is 4.05. The lowest BCUT2D eigenvalue weighted by Crippen LogP contribution is -2.04. The van der Waals surface area contributed by atoms with E-state index in [1.54, 1.807) is 7.11 Å². The van der Waals surface area contributed by atoms with Crippen molar-refractivity contribution in [3.8, 4) is 0 Å². The van der Waals surface area contributed by atoms with Gasteiger partial charge in [-0.15, -0.1) is 0 Å². The maximum Gasteiger partial charge on any atom is 0.126 e. The molecule has 3 heteroatoms. The van der Waals surface area contributed by atoms with Gasteiger partial charge in [-0.2, -0.15) is 0 Å². The highest BCUT2D eigenvalue weighted by atomic mass is 16.5. The van der Waals surface area contributed by atoms with Gasteiger partial charge in [-0.3, -0.25) is 0 Å². The van der Waals surface area contributed by atoms with Gasteiger partial charge in [-0.05, 0) is 37.5 Å². The van der Waals surface area contributed by atoms with Gasteiger partial charge in [0.15, 0.2) is 0 Å². The number of methoxy groups -OCH3 is 1. The molecule has 0 aliphatic carbocycles. The molecule has 0 unspecified atom stereocenters. The van der Waals surface area contributed by atoms with Gasteiger partial charge in [0.2, 0.25) is 0 Å². The highest BCUT2D eigenvalue weighted by Gasteiger charge is 1.92. The van der Waals surface area contributed by atoms with Crippen LogP contribution in [-0.2, 0) is 4.74 Å². The molecule has 0 radical (unpaired) electrons. The average molecular weight is 194 g/mol. The van der Waals surface area contributed by atoms with Crippen LogP contribution < -0.4 is 5.32 Å². The predicted molar refractivity (Wildman–Crippen MR) is 58.6 cm³/mol. The fourth-order valence-electron chi connectivity index (χ4n) is 1.22. The Bertz CT molecular complexity index is 263. The number of hydrogen-bond acceptors (Lipinski definition) is 3. The minimum Gasteiger partial charge on any atom is -0.385 e. The molecule has 0 saturated carbocycles. The Morgan fingerprint density at radius 2 is 2.29 bits per heavy atom. The Morgan fingerprint density at radius 1 is 1.43 bits per heavy atom. The number of aryl methyl sites for hydroxylation is 1. The number of ether oxygens (including phenoxy) is 1. The summed E-state index contributed by atoms with van der Waals surface area (Å²) in [5, 5.41) is 3.28. The van der Waals surface area contributed by atoms with E-state index in [-0.39, 0.29) is 0 Å². The van der Waals surface area contributed by atoms with Crippen molar-refractivity contribution in [1.29, 1.82) is 0 Å². The first-order valence-electron chi connectivity index (χ1n) is 4.98. The second kappa shape index (κ2) is 6.38. The molecular weight excluding hydrogens is 176 g/mol. The van der Waals surface area contributed by atoms with Gasteiger partial charge in [-0.25, -0.2) is 4.98 Å². The summed E-state index contributed by atoms with van der Waals surface area (Å²) in [4.78, 5) is 4.22. The lowest BCUT2D eigenvalue weighted by Gasteiger charge is -2.05. The normalized spacial score (nSPS) is 10.1. The number of rotatable bonds is 6. The Balaban J connectivity index is 2.18. The van der Waals surface area contributed by atoms with Gasteiger partial charge >= 0.3 is 0 Å². The summed E-state index contributed by atoms with van der Waals surface area (Å²) in [5.74, 6) is 0.961. The topological polar surface area (TPSA) is 34.1 Å². The van der Waals surface area contributed by atoms with E-state index in [1.807, 2.05) is 12.3 Å². The van der Waals surface area contributed by atoms with Crippen LogP contribution in [0.5, 0.6) is 0 Å². The monoisotopic (exact) mass is 194 g/mol. The van der Waals surface area contributed by atoms with Crippen molar-refractivity contribution in [1.82, 2.24) is 4.98 Å². The van der Waals surface area contributed by atoms with Crippen molar-refractivity contribution in [3.63, 3.8) is 0 Å². The third-order valence-corrected chi connectivity index (χ3v) is 2.00. The lowest BCUT2D eigenvalue weighted by molar-refractivity contribution is 0.194. The highest BCUT2D eigenvalue weighted by molar-refractivity contribution is 5.36. The SMILES string of the molecule is COCCCCNc1cc(C)ccn1. The Hall–Kier alpha value is -1.09. The molecule has 0 spiro atoms. The first-order valence-corrected chi connectivity index (χ1v) is 4.98. The first kappa shape index (κ1) is 11.0. The largest absolute Gasteiger partial charge is 0.385 e. The molecule has 0 aliphatic heterocycles. The molecule has 0 aliphatic rings. The van der Waals surface area contributed by atoms with E-state index < -0.39 is 0 Å². The number of unbranched alkanes of at least 4 members (excludes halogenated alkanes) is 1. The molecule has 0 saturated heterocycles. The van der Waals surface area contributed by atoms with Gasteiger partial charge in [0.25, 0.3) is 0 Å². The molecule has 1 heterocycles. The molecule has 3 nitrogen and oxygen atoms in total. The zero-order chi connectivity index (χ0) is 10.2. The van der Waals surface area contributed by atoms with Gasteiger partial charge in [-0.1, -0.05) is 0 Å². The first-order chi connectivity index (χ1) is 6.83. The van der Waals surface area contributed by atoms with Crippen molar-refractivity contribution in [2.75, 3.05) is 25.6 Å². The molecule has 1 rings (SSSR count). The Morgan fingerprint density at radius 3 is 3.00 bits per heavy atom. The van der Waals surface area contributed by atoms with Crippen molar-refractivity contribution < 1.29 is 4.74 Å². The summed E-state index contributed by atoms with van der Waals surface area (Å²) in [7, 11) is 1.73. The van der Waals surface area contributed by atoms with Crippen LogP contribution in [0, 0.1) is 6.92 Å². The number of nitrogens with one attached hydrogen (secondary N) is 1. The second-order valence-corrected chi connectivity index (χ2v) is 3.35. The second-order valence-electron chi connectivity index (χ2n) is 3.35. The quantitative estimate of drug-likeness (QED) is 0.705. The molecule has 1 aromatic rings. The van der Waals surface area contributed by atoms with Crippen LogP contribution >= 0.6 is 0 Å². The van der Waals surface area contributed by atoms with E-state index in [0.29, 0.717) is 0 Å². The Labute approximate surface area is 85.5 Å². The van der Waals surface area contributed by atoms with Crippen molar-refractivity contribution in [2.45, 2.75) is 19.8 Å². The summed E-state index contributed by atoms with van der Waals surface area (Å²) in [5.41, 5.74) is 1.24. The third kappa shape index (κ3) is 4.23. The molecule has 0 aromatic carbocycles. The zero-order valence-electron chi connectivity index (χ0n) is 8.92. The summed E-state index contributed by atoms with van der Waals surface area (Å²) in [6.45, 7) is 3.86. The molecular formula is C11H18N2O. The highest BCUT2D eigenvalue weighted by Crippen LogP contribution is 2.05. The number of anilines is 1. The summed E-state index contributed by atoms with van der Waals surface area (Å²) < 4.78 is 4.97. The molecule has 0 amide bonds. The molecule has 0 bridgehead atoms. The van der Waals surface area contributed by atoms with Gasteiger partial charge in [0, 0.05) is 26.5 Å². The minimum absolute atomic E-state index is 0.836. The van der Waals surface area contributed by atoms with Gasteiger partial charge < -0.3 is 10.1 Å². The maximum atomic E-state index is 4.97. The lowest BCUT2D eigenvalue weighted by atomic mass is 10.3. The zero-order valence-corrected chi connectivity index (χ0v) is 8.92. The summed E-state index contributed by atoms with van der Waals surface area (Å²) in [6.07, 6.45) is 4.03. The van der Waals surface area contributed by atoms with E-state index in [4.69, 9.17) is 4.74 Å². The molecule has 0 fully saturated rings. The molecule has 1 aromatic heterocycles. The third-order valence-electron chi connectivity index (χ3n) is 2.00. The fourth-order valence-corrected chi connectivity index (χ4v) is 1.22. The fraction of sp³-hybridized carbons (Fsp3) is 0.545. The van der Waals surface area contributed by atoms with Crippen LogP contribution in [0.25, 0.3) is 0 Å². The molecule has 0 atom stereocenters. The summed E-state index contributed by atoms with van der Waals surface area (Å²) >= 11 is 0. The van der Waals surface area contributed by atoms with Crippen molar-refractivity contribution in [2.24, 2.45) is 0 Å². The van der Waals surface area contributed by atoms with E-state index in [1.165, 1.54) is 5.56 Å². The smallest absolute Gasteiger partial charge is 0.126 e. The number of pyridine rings is 1. The van der Waals surface area contributed by atoms with E-state index in [9.17, 15) is 0 Å². The maximum absolute atomic E-state index is 4.97. The Kier molecular flexibility index (Phi) is 5.00.